The number of nitrogens with zero attached hydrogens (tertiary/aromatic N) is 4. The number of hydrogen-bond acceptors (Lipinski definition) is 7. The van der Waals surface area contributed by atoms with E-state index in [9.17, 15) is 0 Å². The molecule has 3 aromatic rings. The van der Waals surface area contributed by atoms with Crippen molar-refractivity contribution in [3.05, 3.63) is 35.2 Å². The number of hydrogen-bond donors (Lipinski definition) is 2. The molecule has 7 nitrogen and oxygen atoms in total. The molecule has 0 saturated heterocycles. The average Bonchev–Trinajstić information content (AvgIpc) is 3.22. The highest BCUT2D eigenvalue weighted by molar-refractivity contribution is 7.17. The molecule has 0 atom stereocenters. The van der Waals surface area contributed by atoms with Crippen molar-refractivity contribution in [2.24, 2.45) is 0 Å². The molecule has 1 aliphatic rings. The van der Waals surface area contributed by atoms with Crippen LogP contribution in [0.4, 0.5) is 5.69 Å². The minimum absolute atomic E-state index is 0.0830. The number of nitrogen functional groups attached to an aromatic ring is 1. The fourth-order valence-electron chi connectivity index (χ4n) is 3.13. The smallest absolute Gasteiger partial charge is 0.233 e. The second-order valence-corrected chi connectivity index (χ2v) is 7.61. The first-order chi connectivity index (χ1) is 12.5. The lowest BCUT2D eigenvalue weighted by atomic mass is 10.1. The van der Waals surface area contributed by atoms with Gasteiger partial charge in [0, 0.05) is 17.8 Å². The molecule has 0 bridgehead atoms. The molecule has 1 aliphatic heterocycles. The maximum Gasteiger partial charge on any atom is 0.233 e. The van der Waals surface area contributed by atoms with E-state index < -0.39 is 0 Å². The zero-order valence-electron chi connectivity index (χ0n) is 15.1. The predicted molar refractivity (Wildman–Crippen MR) is 103 cm³/mol. The molecule has 4 rings (SSSR count). The van der Waals surface area contributed by atoms with Crippen molar-refractivity contribution in [3.63, 3.8) is 0 Å². The number of nitrogens with one attached hydrogen (secondary N) is 1. The number of nitrogens with two attached hydrogens (primary N) is 1. The summed E-state index contributed by atoms with van der Waals surface area (Å²) >= 11 is 1.51. The molecule has 0 fully saturated rings. The molecule has 0 aliphatic carbocycles. The molecule has 0 saturated carbocycles. The first-order valence-corrected chi connectivity index (χ1v) is 9.53. The standard InChI is InChI=1S/C18H22N6OS/c1-10(2)25-16-5-4-12(8-14(16)19)17-21-22-18(26-17)24-11(3)13-6-7-20-9-15(13)23-24/h4-5,8,10,20H,6-7,9,19H2,1-3H3. The van der Waals surface area contributed by atoms with Gasteiger partial charge in [0.15, 0.2) is 0 Å². The predicted octanol–water partition coefficient (Wildman–Crippen LogP) is 2.71. The van der Waals surface area contributed by atoms with Crippen LogP contribution in [0, 0.1) is 6.92 Å². The Balaban J connectivity index is 1.65. The van der Waals surface area contributed by atoms with Crippen molar-refractivity contribution < 1.29 is 4.74 Å². The summed E-state index contributed by atoms with van der Waals surface area (Å²) in [7, 11) is 0. The molecular formula is C18H22N6OS. The summed E-state index contributed by atoms with van der Waals surface area (Å²) in [6.07, 6.45) is 1.08. The molecule has 0 unspecified atom stereocenters. The Morgan fingerprint density at radius 1 is 1.31 bits per heavy atom. The van der Waals surface area contributed by atoms with Crippen molar-refractivity contribution in [1.82, 2.24) is 25.3 Å². The normalized spacial score (nSPS) is 13.8. The van der Waals surface area contributed by atoms with Gasteiger partial charge < -0.3 is 15.8 Å². The van der Waals surface area contributed by atoms with Crippen LogP contribution in [0.3, 0.4) is 0 Å². The molecule has 0 radical (unpaired) electrons. The first-order valence-electron chi connectivity index (χ1n) is 8.71. The Morgan fingerprint density at radius 3 is 2.88 bits per heavy atom. The van der Waals surface area contributed by atoms with Crippen LogP contribution in [0.1, 0.15) is 30.8 Å². The van der Waals surface area contributed by atoms with Crippen LogP contribution in [-0.2, 0) is 13.0 Å². The zero-order valence-corrected chi connectivity index (χ0v) is 15.9. The molecule has 0 amide bonds. The number of ether oxygens (including phenoxy) is 1. The Labute approximate surface area is 156 Å². The fourth-order valence-corrected chi connectivity index (χ4v) is 3.97. The third-order valence-corrected chi connectivity index (χ3v) is 5.33. The summed E-state index contributed by atoms with van der Waals surface area (Å²) in [5, 5.41) is 18.3. The van der Waals surface area contributed by atoms with Gasteiger partial charge in [0.05, 0.1) is 17.5 Å². The first kappa shape index (κ1) is 17.0. The highest BCUT2D eigenvalue weighted by Gasteiger charge is 2.20. The molecule has 0 spiro atoms. The maximum atomic E-state index is 6.12. The van der Waals surface area contributed by atoms with E-state index in [1.807, 2.05) is 36.7 Å². The van der Waals surface area contributed by atoms with Crippen LogP contribution in [0.25, 0.3) is 15.7 Å². The van der Waals surface area contributed by atoms with Gasteiger partial charge in [-0.15, -0.1) is 10.2 Å². The van der Waals surface area contributed by atoms with Gasteiger partial charge in [-0.2, -0.15) is 5.10 Å². The highest BCUT2D eigenvalue weighted by atomic mass is 32.1. The van der Waals surface area contributed by atoms with Crippen molar-refractivity contribution in [3.8, 4) is 21.5 Å². The Morgan fingerprint density at radius 2 is 2.15 bits per heavy atom. The van der Waals surface area contributed by atoms with E-state index in [1.54, 1.807) is 0 Å². The van der Waals surface area contributed by atoms with Gasteiger partial charge in [0.1, 0.15) is 10.8 Å². The van der Waals surface area contributed by atoms with Crippen molar-refractivity contribution in [2.75, 3.05) is 12.3 Å². The van der Waals surface area contributed by atoms with Crippen molar-refractivity contribution >= 4 is 17.0 Å². The van der Waals surface area contributed by atoms with Crippen LogP contribution in [0.5, 0.6) is 5.75 Å². The van der Waals surface area contributed by atoms with Gasteiger partial charge in [-0.05, 0) is 57.5 Å². The number of anilines is 1. The highest BCUT2D eigenvalue weighted by Crippen LogP contribution is 2.32. The van der Waals surface area contributed by atoms with Gasteiger partial charge in [0.25, 0.3) is 0 Å². The summed E-state index contributed by atoms with van der Waals surface area (Å²) in [6.45, 7) is 7.85. The summed E-state index contributed by atoms with van der Waals surface area (Å²) in [4.78, 5) is 0. The number of rotatable bonds is 4. The van der Waals surface area contributed by atoms with E-state index in [4.69, 9.17) is 15.6 Å². The molecular weight excluding hydrogens is 348 g/mol. The topological polar surface area (TPSA) is 90.9 Å². The second-order valence-electron chi connectivity index (χ2n) is 6.66. The SMILES string of the molecule is Cc1c2c(nn1-c1nnc(-c3ccc(OC(C)C)c(N)c3)s1)CNCC2. The summed E-state index contributed by atoms with van der Waals surface area (Å²) in [5.41, 5.74) is 11.2. The number of fused-ring (bicyclic) bond motifs is 1. The van der Waals surface area contributed by atoms with Gasteiger partial charge >= 0.3 is 0 Å². The molecule has 26 heavy (non-hydrogen) atoms. The Kier molecular flexibility index (Phi) is 4.37. The molecule has 2 aromatic heterocycles. The van der Waals surface area contributed by atoms with E-state index in [0.29, 0.717) is 11.4 Å². The van der Waals surface area contributed by atoms with E-state index in [0.717, 1.165) is 46.6 Å². The lowest BCUT2D eigenvalue weighted by Crippen LogP contribution is -2.23. The van der Waals surface area contributed by atoms with Crippen LogP contribution >= 0.6 is 11.3 Å². The molecule has 3 heterocycles. The van der Waals surface area contributed by atoms with Crippen LogP contribution < -0.4 is 15.8 Å². The van der Waals surface area contributed by atoms with Gasteiger partial charge in [0.2, 0.25) is 5.13 Å². The summed E-state index contributed by atoms with van der Waals surface area (Å²) in [5.74, 6) is 0.691. The van der Waals surface area contributed by atoms with E-state index in [1.165, 1.54) is 16.9 Å². The van der Waals surface area contributed by atoms with Gasteiger partial charge in [-0.3, -0.25) is 0 Å². The van der Waals surface area contributed by atoms with Gasteiger partial charge in [-0.1, -0.05) is 11.3 Å². The molecule has 3 N–H and O–H groups in total. The van der Waals surface area contributed by atoms with Crippen LogP contribution in [-0.4, -0.2) is 32.6 Å². The van der Waals surface area contributed by atoms with E-state index >= 15 is 0 Å². The number of aromatic nitrogens is 4. The van der Waals surface area contributed by atoms with Gasteiger partial charge in [-0.25, -0.2) is 4.68 Å². The molecule has 136 valence electrons. The van der Waals surface area contributed by atoms with Crippen molar-refractivity contribution in [1.29, 1.82) is 0 Å². The van der Waals surface area contributed by atoms with E-state index in [2.05, 4.69) is 22.4 Å². The number of benzene rings is 1. The average molecular weight is 370 g/mol. The molecule has 8 heteroatoms. The Bertz CT molecular complexity index is 945. The van der Waals surface area contributed by atoms with Crippen LogP contribution in [0.2, 0.25) is 0 Å². The summed E-state index contributed by atoms with van der Waals surface area (Å²) < 4.78 is 7.60. The molecule has 1 aromatic carbocycles. The van der Waals surface area contributed by atoms with Crippen LogP contribution in [0.15, 0.2) is 18.2 Å². The quantitative estimate of drug-likeness (QED) is 0.686. The zero-order chi connectivity index (χ0) is 18.3. The minimum Gasteiger partial charge on any atom is -0.489 e. The van der Waals surface area contributed by atoms with Crippen molar-refractivity contribution in [2.45, 2.75) is 39.8 Å². The maximum absolute atomic E-state index is 6.12. The second kappa shape index (κ2) is 6.69. The lowest BCUT2D eigenvalue weighted by Gasteiger charge is -2.12. The monoisotopic (exact) mass is 370 g/mol. The lowest BCUT2D eigenvalue weighted by molar-refractivity contribution is 0.244. The fraction of sp³-hybridized carbons (Fsp3) is 0.389. The summed E-state index contributed by atoms with van der Waals surface area (Å²) in [6, 6.07) is 5.73. The minimum atomic E-state index is 0.0830. The third-order valence-electron chi connectivity index (χ3n) is 4.38. The largest absolute Gasteiger partial charge is 0.489 e. The van der Waals surface area contributed by atoms with E-state index in [-0.39, 0.29) is 6.10 Å². The Hall–Kier alpha value is -2.45. The third kappa shape index (κ3) is 3.06.